The Labute approximate surface area is 247 Å². The van der Waals surface area contributed by atoms with Crippen molar-refractivity contribution in [2.24, 2.45) is 0 Å². The third-order valence-corrected chi connectivity index (χ3v) is 7.60. The third-order valence-electron chi connectivity index (χ3n) is 6.28. The molecule has 0 radical (unpaired) electrons. The van der Waals surface area contributed by atoms with Crippen LogP contribution in [-0.2, 0) is 20.8 Å². The molecular formula is C32H28ClNO7S. The molecule has 0 fully saturated rings. The molecule has 8 nitrogen and oxygen atoms in total. The molecule has 1 heterocycles. The van der Waals surface area contributed by atoms with Gasteiger partial charge in [0.15, 0.2) is 6.54 Å². The topological polar surface area (TPSA) is 139 Å². The van der Waals surface area contributed by atoms with Crippen molar-refractivity contribution in [3.8, 4) is 33.6 Å². The van der Waals surface area contributed by atoms with Gasteiger partial charge in [-0.15, -0.1) is 10.2 Å². The van der Waals surface area contributed by atoms with Gasteiger partial charge in [-0.1, -0.05) is 84.4 Å². The molecule has 0 aliphatic heterocycles. The fourth-order valence-electron chi connectivity index (χ4n) is 4.37. The largest absolute Gasteiger partial charge is 0.297 e. The molecular weight excluding hydrogens is 578 g/mol. The summed E-state index contributed by atoms with van der Waals surface area (Å²) in [6.45, 7) is 2.28. The minimum Gasteiger partial charge on any atom is -0.260 e. The fourth-order valence-corrected chi connectivity index (χ4v) is 5.27. The molecule has 216 valence electrons. The van der Waals surface area contributed by atoms with Crippen molar-refractivity contribution in [1.82, 2.24) is 0 Å². The minimum atomic E-state index is -4.94. The van der Waals surface area contributed by atoms with Crippen LogP contribution in [0.1, 0.15) is 5.56 Å². The molecule has 42 heavy (non-hydrogen) atoms. The zero-order valence-corrected chi connectivity index (χ0v) is 24.2. The number of hydrogen-bond acceptors (Lipinski definition) is 7. The summed E-state index contributed by atoms with van der Waals surface area (Å²) in [5.74, 6) is 0. The summed E-state index contributed by atoms with van der Waals surface area (Å²) in [6, 6.07) is 41.6. The molecule has 4 aromatic carbocycles. The molecule has 0 unspecified atom stereocenters. The van der Waals surface area contributed by atoms with Crippen molar-refractivity contribution in [3.05, 3.63) is 133 Å². The Morgan fingerprint density at radius 3 is 1.45 bits per heavy atom. The van der Waals surface area contributed by atoms with E-state index in [1.165, 1.54) is 0 Å². The average Bonchev–Trinajstić information content (AvgIpc) is 2.98. The highest BCUT2D eigenvalue weighted by Gasteiger charge is 2.24. The van der Waals surface area contributed by atoms with Crippen molar-refractivity contribution in [1.29, 1.82) is 0 Å². The van der Waals surface area contributed by atoms with Crippen molar-refractivity contribution < 1.29 is 46.0 Å². The van der Waals surface area contributed by atoms with Crippen LogP contribution in [0.5, 0.6) is 0 Å². The van der Waals surface area contributed by atoms with Gasteiger partial charge in [0.1, 0.15) is 6.61 Å². The first kappa shape index (κ1) is 31.0. The van der Waals surface area contributed by atoms with E-state index in [0.717, 1.165) is 39.2 Å². The molecule has 0 saturated heterocycles. The van der Waals surface area contributed by atoms with Crippen LogP contribution in [0, 0.1) is 17.2 Å². The second-order valence-corrected chi connectivity index (χ2v) is 11.6. The predicted molar refractivity (Wildman–Crippen MR) is 147 cm³/mol. The van der Waals surface area contributed by atoms with Crippen molar-refractivity contribution in [2.45, 2.75) is 18.4 Å². The second kappa shape index (κ2) is 13.8. The average molecular weight is 606 g/mol. The van der Waals surface area contributed by atoms with Gasteiger partial charge in [0.05, 0.1) is 4.90 Å². The summed E-state index contributed by atoms with van der Waals surface area (Å²) in [7, 11) is -8.81. The molecule has 1 aromatic heterocycles. The van der Waals surface area contributed by atoms with E-state index in [4.69, 9.17) is 22.8 Å². The Morgan fingerprint density at radius 2 is 1.02 bits per heavy atom. The number of pyridine rings is 1. The molecule has 5 rings (SSSR count). The molecule has 10 heteroatoms. The number of hydrogen-bond donors (Lipinski definition) is 0. The predicted octanol–water partition coefficient (Wildman–Crippen LogP) is 1.93. The van der Waals surface area contributed by atoms with E-state index in [-0.39, 0.29) is 11.5 Å². The molecule has 0 atom stereocenters. The van der Waals surface area contributed by atoms with Crippen molar-refractivity contribution in [3.63, 3.8) is 0 Å². The molecule has 0 aliphatic carbocycles. The highest BCUT2D eigenvalue weighted by Crippen LogP contribution is 2.29. The number of nitrogens with zero attached hydrogens (tertiary/aromatic N) is 1. The summed E-state index contributed by atoms with van der Waals surface area (Å²) >= 11 is 0. The monoisotopic (exact) mass is 605 g/mol. The van der Waals surface area contributed by atoms with E-state index in [0.29, 0.717) is 6.54 Å². The zero-order valence-electron chi connectivity index (χ0n) is 22.6. The van der Waals surface area contributed by atoms with E-state index in [2.05, 4.69) is 53.1 Å². The molecule has 0 N–H and O–H groups in total. The maximum Gasteiger partial charge on any atom is 0.297 e. The van der Waals surface area contributed by atoms with Crippen molar-refractivity contribution >= 4 is 10.1 Å². The van der Waals surface area contributed by atoms with Crippen LogP contribution in [0.2, 0.25) is 0 Å². The van der Waals surface area contributed by atoms with Gasteiger partial charge in [-0.25, -0.2) is 18.6 Å². The Hall–Kier alpha value is -3.93. The normalized spacial score (nSPS) is 11.5. The Bertz CT molecular complexity index is 1630. The van der Waals surface area contributed by atoms with Crippen LogP contribution in [0.4, 0.5) is 0 Å². The second-order valence-electron chi connectivity index (χ2n) is 9.23. The Morgan fingerprint density at radius 1 is 0.619 bits per heavy atom. The zero-order chi connectivity index (χ0) is 30.2. The van der Waals surface area contributed by atoms with Gasteiger partial charge in [0.25, 0.3) is 10.1 Å². The summed E-state index contributed by atoms with van der Waals surface area (Å²) in [5.41, 5.74) is 7.24. The number of halogens is 1. The van der Waals surface area contributed by atoms with E-state index in [1.807, 2.05) is 61.5 Å². The molecule has 0 bridgehead atoms. The first-order chi connectivity index (χ1) is 20.0. The van der Waals surface area contributed by atoms with E-state index in [1.54, 1.807) is 24.3 Å². The first-order valence-electron chi connectivity index (χ1n) is 12.8. The quantitative estimate of drug-likeness (QED) is 0.194. The van der Waals surface area contributed by atoms with Crippen LogP contribution in [0.15, 0.2) is 132 Å². The van der Waals surface area contributed by atoms with Gasteiger partial charge < -0.3 is 0 Å². The summed E-state index contributed by atoms with van der Waals surface area (Å²) in [5, 5.41) is 0. The van der Waals surface area contributed by atoms with Gasteiger partial charge in [0.2, 0.25) is 11.4 Å². The molecule has 0 aliphatic rings. The lowest BCUT2D eigenvalue weighted by atomic mass is 9.99. The van der Waals surface area contributed by atoms with Gasteiger partial charge >= 0.3 is 0 Å². The van der Waals surface area contributed by atoms with Crippen LogP contribution in [0.3, 0.4) is 0 Å². The molecule has 0 amide bonds. The SMILES string of the molecule is Cc1ccc(S(=O)(=O)OCC[n+]2c(-c3ccccc3)cc(-c3ccccc3)cc2-c2ccccc2)cc1.[O-][Cl+3]([O-])([O-])[O-]. The fraction of sp³-hybridized carbons (Fsp3) is 0.0938. The standard InChI is InChI=1S/C32H28NO3S.ClHO4/c1-25-17-19-30(20-18-25)37(34,35)36-22-21-33-31(27-13-7-3-8-14-27)23-29(26-11-5-2-6-12-26)24-32(33)28-15-9-4-10-16-28;2-1(3,4)5/h2-20,23-24H,21-22H2,1H3;(H,2,3,4,5)/q+1;/p-1. The number of aromatic nitrogens is 1. The molecule has 0 spiro atoms. The number of aryl methyl sites for hydroxylation is 1. The van der Waals surface area contributed by atoms with E-state index in [9.17, 15) is 8.42 Å². The molecule has 5 aromatic rings. The summed E-state index contributed by atoms with van der Waals surface area (Å²) in [4.78, 5) is 0.161. The minimum absolute atomic E-state index is 0.00519. The lowest BCUT2D eigenvalue weighted by Crippen LogP contribution is -2.68. The summed E-state index contributed by atoms with van der Waals surface area (Å²) < 4.78 is 67.3. The smallest absolute Gasteiger partial charge is 0.260 e. The van der Waals surface area contributed by atoms with Gasteiger partial charge in [-0.3, -0.25) is 4.18 Å². The van der Waals surface area contributed by atoms with Crippen LogP contribution in [-0.4, -0.2) is 15.0 Å². The first-order valence-corrected chi connectivity index (χ1v) is 15.5. The van der Waals surface area contributed by atoms with Gasteiger partial charge in [0, 0.05) is 23.3 Å². The Balaban J connectivity index is 0.000000748. The van der Waals surface area contributed by atoms with Crippen LogP contribution >= 0.6 is 0 Å². The van der Waals surface area contributed by atoms with Gasteiger partial charge in [-0.2, -0.15) is 13.0 Å². The van der Waals surface area contributed by atoms with Crippen LogP contribution in [0.25, 0.3) is 33.6 Å². The van der Waals surface area contributed by atoms with E-state index < -0.39 is 20.4 Å². The number of rotatable bonds is 8. The van der Waals surface area contributed by atoms with Crippen LogP contribution < -0.4 is 23.2 Å². The summed E-state index contributed by atoms with van der Waals surface area (Å²) in [6.07, 6.45) is 0. The lowest BCUT2D eigenvalue weighted by molar-refractivity contribution is -2.00. The lowest BCUT2D eigenvalue weighted by Gasteiger charge is -2.17. The maximum absolute atomic E-state index is 12.9. The molecule has 0 saturated carbocycles. The Kier molecular flexibility index (Phi) is 10.2. The highest BCUT2D eigenvalue weighted by atomic mass is 35.7. The van der Waals surface area contributed by atoms with E-state index >= 15 is 0 Å². The number of benzene rings is 4. The third kappa shape index (κ3) is 8.78. The maximum atomic E-state index is 12.9. The highest BCUT2D eigenvalue weighted by molar-refractivity contribution is 7.86. The van der Waals surface area contributed by atoms with Crippen molar-refractivity contribution in [2.75, 3.05) is 6.61 Å². The van der Waals surface area contributed by atoms with Gasteiger partial charge in [-0.05, 0) is 54.4 Å².